The molecule has 7 heteroatoms. The van der Waals surface area contributed by atoms with Gasteiger partial charge in [-0.05, 0) is 23.3 Å². The van der Waals surface area contributed by atoms with Gasteiger partial charge < -0.3 is 10.1 Å². The van der Waals surface area contributed by atoms with Gasteiger partial charge in [0.15, 0.2) is 0 Å². The molecule has 2 aromatic carbocycles. The molecule has 0 aromatic heterocycles. The minimum Gasteiger partial charge on any atom is -0.379 e. The van der Waals surface area contributed by atoms with Gasteiger partial charge in [0.2, 0.25) is 5.91 Å². The van der Waals surface area contributed by atoms with E-state index in [0.29, 0.717) is 12.1 Å². The average molecular weight is 381 g/mol. The Hall–Kier alpha value is -3.03. The lowest BCUT2D eigenvalue weighted by Crippen LogP contribution is -2.35. The Bertz CT molecular complexity index is 843. The van der Waals surface area contributed by atoms with Crippen molar-refractivity contribution in [1.82, 2.24) is 10.2 Å². The van der Waals surface area contributed by atoms with Crippen LogP contribution in [0, 0.1) is 10.1 Å². The molecule has 0 atom stereocenters. The van der Waals surface area contributed by atoms with Crippen LogP contribution in [0.5, 0.6) is 0 Å². The highest BCUT2D eigenvalue weighted by Crippen LogP contribution is 2.18. The lowest BCUT2D eigenvalue weighted by molar-refractivity contribution is -0.385. The minimum absolute atomic E-state index is 0.0255. The number of benzene rings is 2. The van der Waals surface area contributed by atoms with Gasteiger partial charge in [-0.3, -0.25) is 19.8 Å². The molecule has 0 radical (unpaired) electrons. The number of rotatable bonds is 7. The van der Waals surface area contributed by atoms with E-state index in [2.05, 4.69) is 22.3 Å². The third-order valence-electron chi connectivity index (χ3n) is 4.55. The Morgan fingerprint density at radius 3 is 2.50 bits per heavy atom. The molecule has 1 amide bonds. The van der Waals surface area contributed by atoms with Crippen LogP contribution in [0.15, 0.2) is 54.6 Å². The maximum atomic E-state index is 12.0. The summed E-state index contributed by atoms with van der Waals surface area (Å²) < 4.78 is 5.36. The molecule has 1 heterocycles. The van der Waals surface area contributed by atoms with E-state index in [9.17, 15) is 14.9 Å². The van der Waals surface area contributed by atoms with Crippen molar-refractivity contribution in [1.29, 1.82) is 0 Å². The number of nitrogens with zero attached hydrogens (tertiary/aromatic N) is 2. The zero-order valence-electron chi connectivity index (χ0n) is 15.5. The van der Waals surface area contributed by atoms with E-state index in [1.54, 1.807) is 18.2 Å². The molecular weight excluding hydrogens is 358 g/mol. The molecule has 1 aliphatic rings. The number of carbonyl (C=O) groups is 1. The number of hydrogen-bond donors (Lipinski definition) is 1. The second-order valence-electron chi connectivity index (χ2n) is 6.57. The molecule has 0 unspecified atom stereocenters. The molecule has 7 nitrogen and oxygen atoms in total. The summed E-state index contributed by atoms with van der Waals surface area (Å²) in [6.45, 7) is 4.76. The van der Waals surface area contributed by atoms with Gasteiger partial charge in [0.05, 0.1) is 23.7 Å². The Morgan fingerprint density at radius 1 is 1.11 bits per heavy atom. The normalized spacial score (nSPS) is 14.9. The molecule has 28 heavy (non-hydrogen) atoms. The van der Waals surface area contributed by atoms with Crippen LogP contribution in [0.3, 0.4) is 0 Å². The molecule has 146 valence electrons. The van der Waals surface area contributed by atoms with Gasteiger partial charge in [-0.25, -0.2) is 0 Å². The van der Waals surface area contributed by atoms with Crippen LogP contribution < -0.4 is 5.32 Å². The highest BCUT2D eigenvalue weighted by Gasteiger charge is 2.11. The first-order chi connectivity index (χ1) is 13.6. The summed E-state index contributed by atoms with van der Waals surface area (Å²) in [5.74, 6) is -0.296. The number of ether oxygens (including phenoxy) is 1. The van der Waals surface area contributed by atoms with E-state index in [1.165, 1.54) is 23.8 Å². The van der Waals surface area contributed by atoms with Gasteiger partial charge in [0.1, 0.15) is 0 Å². The SMILES string of the molecule is O=C(C=Cc1ccccc1[N+](=O)[O-])NCc1ccc(CN2CCOCC2)cc1. The summed E-state index contributed by atoms with van der Waals surface area (Å²) in [7, 11) is 0. The van der Waals surface area contributed by atoms with E-state index in [0.717, 1.165) is 38.4 Å². The molecule has 0 spiro atoms. The molecule has 1 saturated heterocycles. The number of nitro benzene ring substituents is 1. The zero-order valence-corrected chi connectivity index (χ0v) is 15.5. The summed E-state index contributed by atoms with van der Waals surface area (Å²) in [5, 5.41) is 13.8. The second kappa shape index (κ2) is 9.77. The van der Waals surface area contributed by atoms with Gasteiger partial charge in [-0.1, -0.05) is 36.4 Å². The number of nitro groups is 1. The lowest BCUT2D eigenvalue weighted by atomic mass is 10.1. The van der Waals surface area contributed by atoms with E-state index in [4.69, 9.17) is 4.74 Å². The largest absolute Gasteiger partial charge is 0.379 e. The van der Waals surface area contributed by atoms with Crippen molar-refractivity contribution in [2.75, 3.05) is 26.3 Å². The van der Waals surface area contributed by atoms with E-state index >= 15 is 0 Å². The maximum Gasteiger partial charge on any atom is 0.276 e. The summed E-state index contributed by atoms with van der Waals surface area (Å²) in [4.78, 5) is 24.9. The van der Waals surface area contributed by atoms with E-state index in [-0.39, 0.29) is 11.6 Å². The van der Waals surface area contributed by atoms with Crippen molar-refractivity contribution < 1.29 is 14.5 Å². The molecule has 3 rings (SSSR count). The van der Waals surface area contributed by atoms with Crippen LogP contribution in [-0.4, -0.2) is 42.0 Å². The highest BCUT2D eigenvalue weighted by atomic mass is 16.6. The van der Waals surface area contributed by atoms with E-state index in [1.807, 2.05) is 12.1 Å². The average Bonchev–Trinajstić information content (AvgIpc) is 2.72. The summed E-state index contributed by atoms with van der Waals surface area (Å²) in [6, 6.07) is 14.5. The predicted octanol–water partition coefficient (Wildman–Crippen LogP) is 2.76. The van der Waals surface area contributed by atoms with Gasteiger partial charge in [0, 0.05) is 38.3 Å². The second-order valence-corrected chi connectivity index (χ2v) is 6.57. The van der Waals surface area contributed by atoms with Crippen LogP contribution >= 0.6 is 0 Å². The van der Waals surface area contributed by atoms with Gasteiger partial charge in [-0.15, -0.1) is 0 Å². The zero-order chi connectivity index (χ0) is 19.8. The fraction of sp³-hybridized carbons (Fsp3) is 0.286. The third kappa shape index (κ3) is 5.73. The summed E-state index contributed by atoms with van der Waals surface area (Å²) >= 11 is 0. The predicted molar refractivity (Wildman–Crippen MR) is 107 cm³/mol. The third-order valence-corrected chi connectivity index (χ3v) is 4.55. The summed E-state index contributed by atoms with van der Waals surface area (Å²) in [6.07, 6.45) is 2.77. The first kappa shape index (κ1) is 19.7. The first-order valence-corrected chi connectivity index (χ1v) is 9.19. The molecular formula is C21H23N3O4. The number of nitrogens with one attached hydrogen (secondary N) is 1. The maximum absolute atomic E-state index is 12.0. The van der Waals surface area contributed by atoms with Crippen molar-refractivity contribution in [2.24, 2.45) is 0 Å². The molecule has 0 bridgehead atoms. The molecule has 0 aliphatic carbocycles. The first-order valence-electron chi connectivity index (χ1n) is 9.19. The highest BCUT2D eigenvalue weighted by molar-refractivity contribution is 5.92. The molecule has 2 aromatic rings. The van der Waals surface area contributed by atoms with Crippen LogP contribution in [0.4, 0.5) is 5.69 Å². The van der Waals surface area contributed by atoms with Crippen LogP contribution in [0.1, 0.15) is 16.7 Å². The van der Waals surface area contributed by atoms with Gasteiger partial charge in [-0.2, -0.15) is 0 Å². The minimum atomic E-state index is -0.462. The van der Waals surface area contributed by atoms with Crippen molar-refractivity contribution in [3.63, 3.8) is 0 Å². The Labute approximate surface area is 163 Å². The number of carbonyl (C=O) groups excluding carboxylic acids is 1. The van der Waals surface area contributed by atoms with Crippen molar-refractivity contribution in [3.05, 3.63) is 81.4 Å². The molecule has 1 aliphatic heterocycles. The number of para-hydroxylation sites is 1. The molecule has 0 saturated carbocycles. The monoisotopic (exact) mass is 381 g/mol. The number of morpholine rings is 1. The van der Waals surface area contributed by atoms with Crippen molar-refractivity contribution >= 4 is 17.7 Å². The fourth-order valence-electron chi connectivity index (χ4n) is 2.99. The Balaban J connectivity index is 1.50. The van der Waals surface area contributed by atoms with Gasteiger partial charge >= 0.3 is 0 Å². The van der Waals surface area contributed by atoms with Crippen molar-refractivity contribution in [2.45, 2.75) is 13.1 Å². The number of amides is 1. The molecule has 1 N–H and O–H groups in total. The van der Waals surface area contributed by atoms with E-state index < -0.39 is 4.92 Å². The van der Waals surface area contributed by atoms with Gasteiger partial charge in [0.25, 0.3) is 5.69 Å². The Kier molecular flexibility index (Phi) is 6.89. The number of hydrogen-bond acceptors (Lipinski definition) is 5. The van der Waals surface area contributed by atoms with Crippen LogP contribution in [0.2, 0.25) is 0 Å². The Morgan fingerprint density at radius 2 is 1.79 bits per heavy atom. The standard InChI is InChI=1S/C21H23N3O4/c25-21(10-9-19-3-1-2-4-20(19)24(26)27)22-15-17-5-7-18(8-6-17)16-23-11-13-28-14-12-23/h1-10H,11-16H2,(H,22,25). The topological polar surface area (TPSA) is 84.7 Å². The smallest absolute Gasteiger partial charge is 0.276 e. The molecule has 1 fully saturated rings. The quantitative estimate of drug-likeness (QED) is 0.453. The lowest BCUT2D eigenvalue weighted by Gasteiger charge is -2.26. The fourth-order valence-corrected chi connectivity index (χ4v) is 2.99. The van der Waals surface area contributed by atoms with Crippen LogP contribution in [-0.2, 0) is 22.6 Å². The summed E-state index contributed by atoms with van der Waals surface area (Å²) in [5.41, 5.74) is 2.60. The van der Waals surface area contributed by atoms with Crippen LogP contribution in [0.25, 0.3) is 6.08 Å². The van der Waals surface area contributed by atoms with Crippen molar-refractivity contribution in [3.8, 4) is 0 Å².